The highest BCUT2D eigenvalue weighted by Gasteiger charge is 2.18. The third-order valence-corrected chi connectivity index (χ3v) is 7.72. The molecule has 46 heavy (non-hydrogen) atoms. The molecule has 2 aliphatic rings. The second kappa shape index (κ2) is 14.3. The third kappa shape index (κ3) is 7.36. The summed E-state index contributed by atoms with van der Waals surface area (Å²) in [6.07, 6.45) is 2.78. The average molecular weight is 626 g/mol. The van der Waals surface area contributed by atoms with E-state index in [0.717, 1.165) is 60.8 Å². The zero-order valence-electron chi connectivity index (χ0n) is 25.6. The van der Waals surface area contributed by atoms with Crippen LogP contribution in [0.5, 0.6) is 5.75 Å². The summed E-state index contributed by atoms with van der Waals surface area (Å²) in [6, 6.07) is 18.1. The fourth-order valence-electron chi connectivity index (χ4n) is 5.43. The van der Waals surface area contributed by atoms with Gasteiger partial charge in [0.15, 0.2) is 0 Å². The van der Waals surface area contributed by atoms with Gasteiger partial charge < -0.3 is 40.0 Å². The number of methoxy groups -OCH3 is 1. The zero-order chi connectivity index (χ0) is 31.9. The monoisotopic (exact) mass is 625 g/mol. The van der Waals surface area contributed by atoms with Gasteiger partial charge in [-0.3, -0.25) is 4.79 Å². The Labute approximate surface area is 267 Å². The van der Waals surface area contributed by atoms with Crippen LogP contribution in [0.2, 0.25) is 0 Å². The van der Waals surface area contributed by atoms with Crippen molar-refractivity contribution in [3.05, 3.63) is 85.3 Å². The number of hydrogen-bond donors (Lipinski definition) is 3. The van der Waals surface area contributed by atoms with E-state index >= 15 is 0 Å². The van der Waals surface area contributed by atoms with E-state index in [0.29, 0.717) is 49.3 Å². The molecule has 2 fully saturated rings. The summed E-state index contributed by atoms with van der Waals surface area (Å²) in [5.41, 5.74) is 5.32. The van der Waals surface area contributed by atoms with Crippen LogP contribution in [0.4, 0.5) is 44.5 Å². The van der Waals surface area contributed by atoms with Crippen LogP contribution in [0, 0.1) is 5.82 Å². The standard InChI is InChI=1S/C34H36FN7O4/c1-3-32(43)38-27-19-23(18-24(35)20-27)33-29(37-25-4-7-28(8-5-25)41-10-14-45-15-11-41)22-36-34(40-33)39-26-6-9-31(44-2)30(21-26)42-12-16-46-17-13-42/h3-9,18-22,37H,1,10-17H2,2H3,(H,38,43)(H,36,39,40). The normalized spacial score (nSPS) is 14.8. The third-order valence-electron chi connectivity index (χ3n) is 7.72. The van der Waals surface area contributed by atoms with Gasteiger partial charge in [-0.2, -0.15) is 0 Å². The lowest BCUT2D eigenvalue weighted by molar-refractivity contribution is -0.111. The molecule has 3 aromatic carbocycles. The molecule has 0 spiro atoms. The first-order valence-electron chi connectivity index (χ1n) is 15.1. The van der Waals surface area contributed by atoms with E-state index in [9.17, 15) is 9.18 Å². The summed E-state index contributed by atoms with van der Waals surface area (Å²) in [5, 5.41) is 9.32. The van der Waals surface area contributed by atoms with E-state index in [4.69, 9.17) is 19.2 Å². The van der Waals surface area contributed by atoms with Crippen LogP contribution in [-0.2, 0) is 14.3 Å². The van der Waals surface area contributed by atoms with Gasteiger partial charge in [0, 0.05) is 54.5 Å². The molecule has 2 saturated heterocycles. The quantitative estimate of drug-likeness (QED) is 0.193. The number of morpholine rings is 2. The van der Waals surface area contributed by atoms with E-state index in [-0.39, 0.29) is 5.69 Å². The molecule has 0 radical (unpaired) electrons. The molecule has 3 heterocycles. The SMILES string of the molecule is C=CC(=O)Nc1cc(F)cc(-c2nc(Nc3ccc(OC)c(N4CCOCC4)c3)ncc2Nc2ccc(N3CCOCC3)cc2)c1. The lowest BCUT2D eigenvalue weighted by Crippen LogP contribution is -2.36. The number of benzene rings is 3. The van der Waals surface area contributed by atoms with Crippen molar-refractivity contribution < 1.29 is 23.4 Å². The smallest absolute Gasteiger partial charge is 0.247 e. The molecule has 12 heteroatoms. The second-order valence-corrected chi connectivity index (χ2v) is 10.8. The molecule has 0 bridgehead atoms. The summed E-state index contributed by atoms with van der Waals surface area (Å²) < 4.78 is 31.5. The molecular weight excluding hydrogens is 589 g/mol. The minimum Gasteiger partial charge on any atom is -0.495 e. The van der Waals surface area contributed by atoms with Crippen molar-refractivity contribution in [1.29, 1.82) is 0 Å². The maximum Gasteiger partial charge on any atom is 0.247 e. The van der Waals surface area contributed by atoms with Crippen molar-refractivity contribution in [3.8, 4) is 17.0 Å². The van der Waals surface area contributed by atoms with E-state index in [1.54, 1.807) is 19.4 Å². The molecule has 1 amide bonds. The molecule has 4 aromatic rings. The van der Waals surface area contributed by atoms with E-state index in [1.165, 1.54) is 12.1 Å². The number of anilines is 7. The Hall–Kier alpha value is -5.20. The van der Waals surface area contributed by atoms with Gasteiger partial charge >= 0.3 is 0 Å². The Kier molecular flexibility index (Phi) is 9.56. The van der Waals surface area contributed by atoms with E-state index < -0.39 is 11.7 Å². The maximum absolute atomic E-state index is 14.9. The van der Waals surface area contributed by atoms with Crippen molar-refractivity contribution in [3.63, 3.8) is 0 Å². The number of aromatic nitrogens is 2. The molecule has 0 aliphatic carbocycles. The van der Waals surface area contributed by atoms with E-state index in [2.05, 4.69) is 37.3 Å². The summed E-state index contributed by atoms with van der Waals surface area (Å²) in [4.78, 5) is 25.9. The van der Waals surface area contributed by atoms with Crippen LogP contribution in [-0.4, -0.2) is 75.6 Å². The molecule has 0 atom stereocenters. The highest BCUT2D eigenvalue weighted by atomic mass is 19.1. The van der Waals surface area contributed by atoms with Gasteiger partial charge in [-0.1, -0.05) is 6.58 Å². The summed E-state index contributed by atoms with van der Waals surface area (Å²) in [5.74, 6) is 0.0799. The van der Waals surface area contributed by atoms with Crippen molar-refractivity contribution in [2.45, 2.75) is 0 Å². The molecular formula is C34H36FN7O4. The Bertz CT molecular complexity index is 1690. The van der Waals surface area contributed by atoms with Crippen molar-refractivity contribution in [2.75, 3.05) is 85.5 Å². The van der Waals surface area contributed by atoms with Gasteiger partial charge in [-0.15, -0.1) is 0 Å². The lowest BCUT2D eigenvalue weighted by Gasteiger charge is -2.30. The highest BCUT2D eigenvalue weighted by Crippen LogP contribution is 2.35. The number of carbonyl (C=O) groups excluding carboxylic acids is 1. The van der Waals surface area contributed by atoms with Crippen molar-refractivity contribution >= 4 is 46.0 Å². The predicted octanol–water partition coefficient (Wildman–Crippen LogP) is 5.58. The number of nitrogens with one attached hydrogen (secondary N) is 3. The van der Waals surface area contributed by atoms with Crippen LogP contribution in [0.15, 0.2) is 79.5 Å². The second-order valence-electron chi connectivity index (χ2n) is 10.8. The Morgan fingerprint density at radius 3 is 2.28 bits per heavy atom. The number of rotatable bonds is 10. The molecule has 1 aromatic heterocycles. The van der Waals surface area contributed by atoms with Crippen LogP contribution >= 0.6 is 0 Å². The van der Waals surface area contributed by atoms with Crippen LogP contribution in [0.25, 0.3) is 11.3 Å². The van der Waals surface area contributed by atoms with E-state index in [1.807, 2.05) is 42.5 Å². The Morgan fingerprint density at radius 1 is 0.891 bits per heavy atom. The van der Waals surface area contributed by atoms with Gasteiger partial charge in [-0.05, 0) is 66.7 Å². The van der Waals surface area contributed by atoms with Gasteiger partial charge in [0.25, 0.3) is 0 Å². The van der Waals surface area contributed by atoms with Gasteiger partial charge in [0.2, 0.25) is 11.9 Å². The number of ether oxygens (including phenoxy) is 3. The first-order valence-corrected chi connectivity index (χ1v) is 15.1. The molecule has 0 unspecified atom stereocenters. The predicted molar refractivity (Wildman–Crippen MR) is 178 cm³/mol. The fraction of sp³-hybridized carbons (Fsp3) is 0.265. The zero-order valence-corrected chi connectivity index (χ0v) is 25.6. The van der Waals surface area contributed by atoms with Crippen LogP contribution in [0.3, 0.4) is 0 Å². The number of nitrogens with zero attached hydrogens (tertiary/aromatic N) is 4. The molecule has 6 rings (SSSR count). The topological polar surface area (TPSA) is 113 Å². The minimum absolute atomic E-state index is 0.277. The molecule has 11 nitrogen and oxygen atoms in total. The largest absolute Gasteiger partial charge is 0.495 e. The van der Waals surface area contributed by atoms with Gasteiger partial charge in [0.1, 0.15) is 11.6 Å². The number of amides is 1. The maximum atomic E-state index is 14.9. The Balaban J connectivity index is 1.33. The first kappa shape index (κ1) is 30.8. The van der Waals surface area contributed by atoms with Crippen LogP contribution < -0.4 is 30.5 Å². The van der Waals surface area contributed by atoms with Crippen molar-refractivity contribution in [2.24, 2.45) is 0 Å². The first-order chi connectivity index (χ1) is 22.5. The average Bonchev–Trinajstić information content (AvgIpc) is 3.09. The Morgan fingerprint density at radius 2 is 1.59 bits per heavy atom. The van der Waals surface area contributed by atoms with Gasteiger partial charge in [-0.25, -0.2) is 14.4 Å². The fourth-order valence-corrected chi connectivity index (χ4v) is 5.43. The highest BCUT2D eigenvalue weighted by molar-refractivity contribution is 5.99. The van der Waals surface area contributed by atoms with Crippen molar-refractivity contribution in [1.82, 2.24) is 9.97 Å². The molecule has 238 valence electrons. The summed E-state index contributed by atoms with van der Waals surface area (Å²) in [7, 11) is 1.65. The summed E-state index contributed by atoms with van der Waals surface area (Å²) in [6.45, 7) is 9.34. The number of hydrogen-bond acceptors (Lipinski definition) is 10. The minimum atomic E-state index is -0.531. The number of carbonyl (C=O) groups is 1. The summed E-state index contributed by atoms with van der Waals surface area (Å²) >= 11 is 0. The number of halogens is 1. The molecule has 0 saturated carbocycles. The van der Waals surface area contributed by atoms with Gasteiger partial charge in [0.05, 0.1) is 56.8 Å². The molecule has 2 aliphatic heterocycles. The molecule has 3 N–H and O–H groups in total. The van der Waals surface area contributed by atoms with Crippen LogP contribution in [0.1, 0.15) is 0 Å². The lowest BCUT2D eigenvalue weighted by atomic mass is 10.1.